The van der Waals surface area contributed by atoms with Crippen LogP contribution >= 0.6 is 0 Å². The summed E-state index contributed by atoms with van der Waals surface area (Å²) >= 11 is 0. The molecule has 4 heteroatoms. The third-order valence-corrected chi connectivity index (χ3v) is 5.45. The molecule has 100 valence electrons. The van der Waals surface area contributed by atoms with Crippen LogP contribution in [0.5, 0.6) is 0 Å². The first-order valence-corrected chi connectivity index (χ1v) is 6.82. The Kier molecular flexibility index (Phi) is 2.48. The van der Waals surface area contributed by atoms with Gasteiger partial charge in [-0.2, -0.15) is 0 Å². The highest BCUT2D eigenvalue weighted by Crippen LogP contribution is 2.63. The fraction of sp³-hybridized carbons (Fsp3) is 0.857. The normalized spacial score (nSPS) is 45.6. The average molecular weight is 252 g/mol. The molecule has 0 heterocycles. The van der Waals surface area contributed by atoms with Crippen LogP contribution < -0.4 is 0 Å². The molecule has 0 aliphatic heterocycles. The van der Waals surface area contributed by atoms with Gasteiger partial charge in [-0.1, -0.05) is 12.8 Å². The lowest BCUT2D eigenvalue weighted by Crippen LogP contribution is -2.52. The summed E-state index contributed by atoms with van der Waals surface area (Å²) in [5.41, 5.74) is -1.16. The number of hydrogen-bond donors (Lipinski definition) is 1. The average Bonchev–Trinajstić information content (AvgIpc) is 2.54. The molecular weight excluding hydrogens is 232 g/mol. The van der Waals surface area contributed by atoms with Crippen LogP contribution in [0.25, 0.3) is 0 Å². The van der Waals surface area contributed by atoms with Crippen LogP contribution in [0.15, 0.2) is 0 Å². The van der Waals surface area contributed by atoms with Crippen molar-refractivity contribution in [2.45, 2.75) is 44.9 Å². The maximum absolute atomic E-state index is 12.2. The molecule has 2 atom stereocenters. The third-order valence-electron chi connectivity index (χ3n) is 5.45. The molecule has 0 aromatic rings. The van der Waals surface area contributed by atoms with Crippen molar-refractivity contribution in [3.05, 3.63) is 0 Å². The molecule has 4 aliphatic carbocycles. The molecule has 4 aliphatic rings. The van der Waals surface area contributed by atoms with Gasteiger partial charge >= 0.3 is 11.9 Å². The van der Waals surface area contributed by atoms with E-state index in [0.717, 1.165) is 38.5 Å². The first-order chi connectivity index (χ1) is 8.50. The number of carboxylic acid groups (broad SMARTS) is 1. The van der Waals surface area contributed by atoms with Crippen molar-refractivity contribution < 1.29 is 19.4 Å². The first-order valence-electron chi connectivity index (χ1n) is 6.82. The maximum atomic E-state index is 12.2. The lowest BCUT2D eigenvalue weighted by Gasteiger charge is -2.51. The van der Waals surface area contributed by atoms with E-state index in [0.29, 0.717) is 18.3 Å². The number of ether oxygens (including phenoxy) is 1. The lowest BCUT2D eigenvalue weighted by atomic mass is 9.51. The minimum absolute atomic E-state index is 0.176. The number of fused-ring (bicyclic) bond motifs is 1. The number of aliphatic carboxylic acids is 1. The molecule has 0 radical (unpaired) electrons. The minimum atomic E-state index is -0.702. The number of carboxylic acids is 1. The Labute approximate surface area is 107 Å². The van der Waals surface area contributed by atoms with Crippen LogP contribution in [0.4, 0.5) is 0 Å². The fourth-order valence-electron chi connectivity index (χ4n) is 5.04. The van der Waals surface area contributed by atoms with Gasteiger partial charge in [0.15, 0.2) is 0 Å². The molecule has 0 aromatic carbocycles. The zero-order chi connectivity index (χ0) is 13.0. The van der Waals surface area contributed by atoms with Gasteiger partial charge in [0.1, 0.15) is 0 Å². The lowest BCUT2D eigenvalue weighted by molar-refractivity contribution is -0.175. The van der Waals surface area contributed by atoms with E-state index in [-0.39, 0.29) is 5.97 Å². The number of rotatable bonds is 2. The Morgan fingerprint density at radius 2 is 1.56 bits per heavy atom. The Morgan fingerprint density at radius 1 is 1.06 bits per heavy atom. The van der Waals surface area contributed by atoms with Gasteiger partial charge in [0.25, 0.3) is 0 Å². The molecule has 0 amide bonds. The Bertz CT molecular complexity index is 385. The molecule has 0 aromatic heterocycles. The second-order valence-corrected chi connectivity index (χ2v) is 6.66. The second-order valence-electron chi connectivity index (χ2n) is 6.66. The fourth-order valence-corrected chi connectivity index (χ4v) is 5.04. The summed E-state index contributed by atoms with van der Waals surface area (Å²) in [6, 6.07) is 0. The summed E-state index contributed by atoms with van der Waals surface area (Å²) in [6.07, 6.45) is 5.86. The Hall–Kier alpha value is -1.06. The van der Waals surface area contributed by atoms with Crippen molar-refractivity contribution in [2.24, 2.45) is 22.7 Å². The molecule has 4 nitrogen and oxygen atoms in total. The molecule has 4 saturated carbocycles. The number of esters is 1. The van der Waals surface area contributed by atoms with E-state index in [1.807, 2.05) is 0 Å². The number of carbonyl (C=O) groups is 2. The Balaban J connectivity index is 2.04. The topological polar surface area (TPSA) is 63.6 Å². The molecule has 4 bridgehead atoms. The van der Waals surface area contributed by atoms with Gasteiger partial charge in [0, 0.05) is 0 Å². The Morgan fingerprint density at radius 3 is 2.00 bits per heavy atom. The molecule has 18 heavy (non-hydrogen) atoms. The summed E-state index contributed by atoms with van der Waals surface area (Å²) in [5, 5.41) is 9.62. The molecule has 0 spiro atoms. The van der Waals surface area contributed by atoms with E-state index in [2.05, 4.69) is 0 Å². The van der Waals surface area contributed by atoms with Gasteiger partial charge in [0.05, 0.1) is 17.9 Å². The van der Waals surface area contributed by atoms with E-state index in [9.17, 15) is 14.7 Å². The second kappa shape index (κ2) is 3.72. The number of methoxy groups -OCH3 is 1. The highest BCUT2D eigenvalue weighted by Gasteiger charge is 2.61. The van der Waals surface area contributed by atoms with E-state index in [1.165, 1.54) is 7.11 Å². The molecule has 4 rings (SSSR count). The predicted molar refractivity (Wildman–Crippen MR) is 63.8 cm³/mol. The van der Waals surface area contributed by atoms with Gasteiger partial charge in [0.2, 0.25) is 0 Å². The van der Waals surface area contributed by atoms with Crippen LogP contribution in [-0.2, 0) is 14.3 Å². The smallest absolute Gasteiger partial charge is 0.311 e. The molecule has 4 fully saturated rings. The summed E-state index contributed by atoms with van der Waals surface area (Å²) in [5.74, 6) is -0.0978. The van der Waals surface area contributed by atoms with E-state index in [4.69, 9.17) is 4.74 Å². The number of carbonyl (C=O) groups excluding carboxylic acids is 1. The first kappa shape index (κ1) is 12.0. The molecule has 0 unspecified atom stereocenters. The monoisotopic (exact) mass is 252 g/mol. The van der Waals surface area contributed by atoms with Crippen LogP contribution in [0.2, 0.25) is 0 Å². The minimum Gasteiger partial charge on any atom is -0.481 e. The third kappa shape index (κ3) is 1.50. The predicted octanol–water partition coefficient (Wildman–Crippen LogP) is 2.22. The highest BCUT2D eigenvalue weighted by atomic mass is 16.5. The van der Waals surface area contributed by atoms with Gasteiger partial charge in [-0.3, -0.25) is 9.59 Å². The van der Waals surface area contributed by atoms with Crippen LogP contribution in [-0.4, -0.2) is 24.2 Å². The van der Waals surface area contributed by atoms with E-state index >= 15 is 0 Å². The van der Waals surface area contributed by atoms with Crippen molar-refractivity contribution in [1.82, 2.24) is 0 Å². The summed E-state index contributed by atoms with van der Waals surface area (Å²) in [6.45, 7) is 0. The van der Waals surface area contributed by atoms with E-state index in [1.54, 1.807) is 0 Å². The summed E-state index contributed by atoms with van der Waals surface area (Å²) in [4.78, 5) is 23.9. The van der Waals surface area contributed by atoms with Gasteiger partial charge in [-0.15, -0.1) is 0 Å². The largest absolute Gasteiger partial charge is 0.481 e. The van der Waals surface area contributed by atoms with Crippen LogP contribution in [0.3, 0.4) is 0 Å². The van der Waals surface area contributed by atoms with Crippen LogP contribution in [0.1, 0.15) is 44.9 Å². The SMILES string of the molecule is COC(=O)C12C[C@H]3CC[C@@H](CC(C(=O)O)(C3)C1)C2. The quantitative estimate of drug-likeness (QED) is 0.765. The van der Waals surface area contributed by atoms with Crippen molar-refractivity contribution in [1.29, 1.82) is 0 Å². The standard InChI is InChI=1S/C14H20O4/c1-18-12(17)14-6-9-2-3-10(7-14)5-13(4-9,8-14)11(15)16/h9-10H,2-8H2,1H3,(H,15,16)/t9-,10-,13?,14?/m0/s1. The highest BCUT2D eigenvalue weighted by molar-refractivity contribution is 5.81. The van der Waals surface area contributed by atoms with Crippen molar-refractivity contribution in [2.75, 3.05) is 7.11 Å². The summed E-state index contributed by atoms with van der Waals surface area (Å²) in [7, 11) is 1.42. The van der Waals surface area contributed by atoms with Crippen molar-refractivity contribution in [3.63, 3.8) is 0 Å². The molecular formula is C14H20O4. The van der Waals surface area contributed by atoms with Gasteiger partial charge < -0.3 is 9.84 Å². The number of hydrogen-bond acceptors (Lipinski definition) is 3. The van der Waals surface area contributed by atoms with Crippen molar-refractivity contribution in [3.8, 4) is 0 Å². The van der Waals surface area contributed by atoms with Gasteiger partial charge in [-0.05, 0) is 43.9 Å². The van der Waals surface area contributed by atoms with Crippen LogP contribution in [0, 0.1) is 22.7 Å². The summed E-state index contributed by atoms with van der Waals surface area (Å²) < 4.78 is 4.98. The molecule has 0 saturated heterocycles. The zero-order valence-corrected chi connectivity index (χ0v) is 10.8. The zero-order valence-electron chi connectivity index (χ0n) is 10.8. The van der Waals surface area contributed by atoms with Crippen molar-refractivity contribution >= 4 is 11.9 Å². The van der Waals surface area contributed by atoms with Gasteiger partial charge in [-0.25, -0.2) is 0 Å². The maximum Gasteiger partial charge on any atom is 0.311 e. The molecule has 1 N–H and O–H groups in total. The van der Waals surface area contributed by atoms with E-state index < -0.39 is 16.8 Å².